The van der Waals surface area contributed by atoms with E-state index in [1.54, 1.807) is 17.5 Å². The molecule has 56 valence electrons. The Hall–Kier alpha value is -1.09. The van der Waals surface area contributed by atoms with E-state index in [1.165, 1.54) is 0 Å². The fraction of sp³-hybridized carbons (Fsp3) is 0.125. The largest absolute Gasteiger partial charge is 0.618 e. The maximum absolute atomic E-state index is 11.1. The van der Waals surface area contributed by atoms with Gasteiger partial charge in [0.05, 0.1) is 0 Å². The predicted octanol–water partition coefficient (Wildman–Crippen LogP) is 1.84. The average molecular weight is 165 g/mol. The molecule has 0 aromatic carbocycles. The summed E-state index contributed by atoms with van der Waals surface area (Å²) in [4.78, 5) is 0. The van der Waals surface area contributed by atoms with Crippen LogP contribution in [0.25, 0.3) is 10.1 Å². The van der Waals surface area contributed by atoms with Gasteiger partial charge in [-0.15, -0.1) is 11.3 Å². The predicted molar refractivity (Wildman–Crippen MR) is 45.5 cm³/mol. The second-order valence-electron chi connectivity index (χ2n) is 2.43. The van der Waals surface area contributed by atoms with E-state index in [0.717, 1.165) is 20.5 Å². The number of rotatable bonds is 0. The normalized spacial score (nSPS) is 10.6. The molecule has 2 rings (SSSR count). The molecule has 2 nitrogen and oxygen atoms in total. The van der Waals surface area contributed by atoms with E-state index < -0.39 is 0 Å². The molecule has 0 unspecified atom stereocenters. The van der Waals surface area contributed by atoms with Crippen molar-refractivity contribution < 1.29 is 4.73 Å². The molecule has 0 saturated heterocycles. The molecule has 3 heteroatoms. The first-order chi connectivity index (χ1) is 5.29. The minimum absolute atomic E-state index is 0.789. The number of fused-ring (bicyclic) bond motifs is 1. The van der Waals surface area contributed by atoms with Gasteiger partial charge in [-0.05, 0) is 11.4 Å². The SMILES string of the molecule is Cc1c2sccc2cc[n+]1[O-]. The summed E-state index contributed by atoms with van der Waals surface area (Å²) < 4.78 is 1.99. The summed E-state index contributed by atoms with van der Waals surface area (Å²) >= 11 is 1.61. The molecule has 0 aliphatic heterocycles. The van der Waals surface area contributed by atoms with E-state index in [2.05, 4.69) is 0 Å². The second-order valence-corrected chi connectivity index (χ2v) is 3.35. The van der Waals surface area contributed by atoms with Crippen LogP contribution >= 0.6 is 11.3 Å². The van der Waals surface area contributed by atoms with Crippen molar-refractivity contribution in [3.05, 3.63) is 34.6 Å². The van der Waals surface area contributed by atoms with Crippen LogP contribution < -0.4 is 4.73 Å². The highest BCUT2D eigenvalue weighted by molar-refractivity contribution is 7.17. The molecule has 0 aliphatic rings. The summed E-state index contributed by atoms with van der Waals surface area (Å²) in [6.07, 6.45) is 1.55. The van der Waals surface area contributed by atoms with Crippen LogP contribution in [0.2, 0.25) is 0 Å². The van der Waals surface area contributed by atoms with Crippen molar-refractivity contribution in [2.45, 2.75) is 6.92 Å². The second kappa shape index (κ2) is 2.20. The van der Waals surface area contributed by atoms with E-state index in [1.807, 2.05) is 24.4 Å². The van der Waals surface area contributed by atoms with Gasteiger partial charge < -0.3 is 5.21 Å². The van der Waals surface area contributed by atoms with Gasteiger partial charge in [-0.2, -0.15) is 4.73 Å². The number of aryl methyl sites for hydroxylation is 1. The Morgan fingerprint density at radius 3 is 3.09 bits per heavy atom. The molecule has 0 radical (unpaired) electrons. The number of hydrogen-bond acceptors (Lipinski definition) is 2. The van der Waals surface area contributed by atoms with Gasteiger partial charge in [-0.3, -0.25) is 0 Å². The molecule has 0 spiro atoms. The number of nitrogens with zero attached hydrogens (tertiary/aromatic N) is 1. The Kier molecular flexibility index (Phi) is 1.32. The monoisotopic (exact) mass is 165 g/mol. The fourth-order valence-corrected chi connectivity index (χ4v) is 1.99. The highest BCUT2D eigenvalue weighted by Gasteiger charge is 2.05. The number of hydrogen-bond donors (Lipinski definition) is 0. The minimum atomic E-state index is 0.789. The smallest absolute Gasteiger partial charge is 0.207 e. The van der Waals surface area contributed by atoms with Gasteiger partial charge in [0.2, 0.25) is 5.69 Å². The van der Waals surface area contributed by atoms with Crippen molar-refractivity contribution in [1.29, 1.82) is 0 Å². The van der Waals surface area contributed by atoms with Crippen LogP contribution in [0.4, 0.5) is 0 Å². The number of aromatic nitrogens is 1. The Labute approximate surface area is 68.3 Å². The van der Waals surface area contributed by atoms with E-state index in [-0.39, 0.29) is 0 Å². The first-order valence-corrected chi connectivity index (χ1v) is 4.23. The van der Waals surface area contributed by atoms with Gasteiger partial charge in [0.1, 0.15) is 4.70 Å². The molecular formula is C8H7NOS. The van der Waals surface area contributed by atoms with Crippen molar-refractivity contribution in [2.24, 2.45) is 0 Å². The summed E-state index contributed by atoms with van der Waals surface area (Å²) in [5.74, 6) is 0. The molecule has 0 N–H and O–H groups in total. The van der Waals surface area contributed by atoms with Crippen LogP contribution in [0.15, 0.2) is 23.7 Å². The third-order valence-corrected chi connectivity index (χ3v) is 2.78. The Morgan fingerprint density at radius 1 is 1.45 bits per heavy atom. The van der Waals surface area contributed by atoms with Gasteiger partial charge in [-0.25, -0.2) is 0 Å². The van der Waals surface area contributed by atoms with Crippen LogP contribution in [0.5, 0.6) is 0 Å². The maximum Gasteiger partial charge on any atom is 0.207 e. The zero-order valence-electron chi connectivity index (χ0n) is 6.07. The number of pyridine rings is 1. The Balaban J connectivity index is 2.93. The molecule has 11 heavy (non-hydrogen) atoms. The van der Waals surface area contributed by atoms with Gasteiger partial charge in [0.25, 0.3) is 0 Å². The van der Waals surface area contributed by atoms with Crippen molar-refractivity contribution in [3.8, 4) is 0 Å². The molecule has 0 bridgehead atoms. The lowest BCUT2D eigenvalue weighted by atomic mass is 10.3. The molecule has 0 saturated carbocycles. The summed E-state index contributed by atoms with van der Waals surface area (Å²) in [6, 6.07) is 3.86. The van der Waals surface area contributed by atoms with Gasteiger partial charge in [0, 0.05) is 18.4 Å². The van der Waals surface area contributed by atoms with Gasteiger partial charge >= 0.3 is 0 Å². The maximum atomic E-state index is 11.1. The molecule has 2 aromatic heterocycles. The summed E-state index contributed by atoms with van der Waals surface area (Å²) in [6.45, 7) is 1.84. The van der Waals surface area contributed by atoms with Crippen molar-refractivity contribution in [2.75, 3.05) is 0 Å². The van der Waals surface area contributed by atoms with Crippen LogP contribution in [0.3, 0.4) is 0 Å². The molecule has 0 aliphatic carbocycles. The summed E-state index contributed by atoms with van der Waals surface area (Å²) in [7, 11) is 0. The zero-order valence-corrected chi connectivity index (χ0v) is 6.89. The Bertz CT molecular complexity index is 394. The molecule has 0 amide bonds. The van der Waals surface area contributed by atoms with E-state index in [9.17, 15) is 5.21 Å². The summed E-state index contributed by atoms with van der Waals surface area (Å²) in [5, 5.41) is 14.2. The fourth-order valence-electron chi connectivity index (χ4n) is 1.10. The topological polar surface area (TPSA) is 26.9 Å². The molecule has 2 heterocycles. The van der Waals surface area contributed by atoms with E-state index >= 15 is 0 Å². The standard InChI is InChI=1S/C8H7NOS/c1-6-8-7(3-5-11-8)2-4-9(6)10/h2-5H,1H3. The lowest BCUT2D eigenvalue weighted by molar-refractivity contribution is -0.610. The highest BCUT2D eigenvalue weighted by Crippen LogP contribution is 2.20. The molecule has 0 atom stereocenters. The third-order valence-electron chi connectivity index (χ3n) is 1.74. The first-order valence-electron chi connectivity index (χ1n) is 3.35. The first kappa shape index (κ1) is 6.61. The van der Waals surface area contributed by atoms with Crippen LogP contribution in [0, 0.1) is 12.1 Å². The third kappa shape index (κ3) is 0.886. The summed E-state index contributed by atoms with van der Waals surface area (Å²) in [5.41, 5.74) is 0.789. The van der Waals surface area contributed by atoms with Gasteiger partial charge in [0.15, 0.2) is 6.20 Å². The lowest BCUT2D eigenvalue weighted by Gasteiger charge is -1.98. The van der Waals surface area contributed by atoms with Crippen LogP contribution in [-0.2, 0) is 0 Å². The van der Waals surface area contributed by atoms with Crippen LogP contribution in [0.1, 0.15) is 5.69 Å². The molecule has 0 fully saturated rings. The highest BCUT2D eigenvalue weighted by atomic mass is 32.1. The minimum Gasteiger partial charge on any atom is -0.618 e. The van der Waals surface area contributed by atoms with Crippen molar-refractivity contribution in [1.82, 2.24) is 0 Å². The van der Waals surface area contributed by atoms with Crippen molar-refractivity contribution in [3.63, 3.8) is 0 Å². The van der Waals surface area contributed by atoms with Gasteiger partial charge in [-0.1, -0.05) is 0 Å². The lowest BCUT2D eigenvalue weighted by Crippen LogP contribution is -2.28. The average Bonchev–Trinajstić information content (AvgIpc) is 2.45. The molecule has 2 aromatic rings. The van der Waals surface area contributed by atoms with E-state index in [0.29, 0.717) is 0 Å². The van der Waals surface area contributed by atoms with Crippen molar-refractivity contribution >= 4 is 21.4 Å². The Morgan fingerprint density at radius 2 is 2.27 bits per heavy atom. The molecular weight excluding hydrogens is 158 g/mol. The number of thiophene rings is 1. The zero-order chi connectivity index (χ0) is 7.84. The van der Waals surface area contributed by atoms with E-state index in [4.69, 9.17) is 0 Å². The quantitative estimate of drug-likeness (QED) is 0.432. The van der Waals surface area contributed by atoms with Crippen LogP contribution in [-0.4, -0.2) is 0 Å².